The first-order valence-corrected chi connectivity index (χ1v) is 5.89. The third kappa shape index (κ3) is 1.10. The minimum atomic E-state index is 0.459. The van der Waals surface area contributed by atoms with Crippen LogP contribution >= 0.6 is 0 Å². The van der Waals surface area contributed by atoms with E-state index in [2.05, 4.69) is 33.0 Å². The van der Waals surface area contributed by atoms with Crippen molar-refractivity contribution in [2.24, 2.45) is 16.7 Å². The van der Waals surface area contributed by atoms with Crippen LogP contribution in [0.1, 0.15) is 34.1 Å². The second-order valence-corrected chi connectivity index (χ2v) is 5.39. The standard InChI is InChI=1S/C12H23NO/c1-5-13-8-10-11(3,4)12(10)6-7-14-9(12)2/h9-10,13H,5-8H2,1-4H3. The highest BCUT2D eigenvalue weighted by molar-refractivity contribution is 5.21. The van der Waals surface area contributed by atoms with Crippen LogP contribution in [0.25, 0.3) is 0 Å². The maximum atomic E-state index is 5.75. The third-order valence-corrected chi connectivity index (χ3v) is 4.82. The average Bonchev–Trinajstić information content (AvgIpc) is 2.43. The van der Waals surface area contributed by atoms with Crippen LogP contribution in [0, 0.1) is 16.7 Å². The molecule has 3 atom stereocenters. The first-order chi connectivity index (χ1) is 6.57. The average molecular weight is 197 g/mol. The molecule has 1 spiro atoms. The summed E-state index contributed by atoms with van der Waals surface area (Å²) >= 11 is 0. The van der Waals surface area contributed by atoms with E-state index in [0.717, 1.165) is 25.6 Å². The quantitative estimate of drug-likeness (QED) is 0.747. The van der Waals surface area contributed by atoms with Crippen LogP contribution in [0.2, 0.25) is 0 Å². The predicted octanol–water partition coefficient (Wildman–Crippen LogP) is 2.05. The SMILES string of the molecule is CCNCC1C(C)(C)C12CCOC2C. The first-order valence-electron chi connectivity index (χ1n) is 5.89. The minimum Gasteiger partial charge on any atom is -0.378 e. The summed E-state index contributed by atoms with van der Waals surface area (Å²) in [6.07, 6.45) is 1.72. The van der Waals surface area contributed by atoms with Gasteiger partial charge in [0.15, 0.2) is 0 Å². The topological polar surface area (TPSA) is 21.3 Å². The molecule has 1 saturated heterocycles. The van der Waals surface area contributed by atoms with Crippen LogP contribution < -0.4 is 5.32 Å². The second kappa shape index (κ2) is 3.21. The lowest BCUT2D eigenvalue weighted by Crippen LogP contribution is -2.22. The van der Waals surface area contributed by atoms with Crippen LogP contribution in [0.5, 0.6) is 0 Å². The Morgan fingerprint density at radius 1 is 1.43 bits per heavy atom. The van der Waals surface area contributed by atoms with Gasteiger partial charge in [-0.05, 0) is 37.8 Å². The van der Waals surface area contributed by atoms with Gasteiger partial charge in [-0.15, -0.1) is 0 Å². The summed E-state index contributed by atoms with van der Waals surface area (Å²) in [5, 5.41) is 3.48. The number of rotatable bonds is 3. The van der Waals surface area contributed by atoms with Crippen molar-refractivity contribution < 1.29 is 4.74 Å². The van der Waals surface area contributed by atoms with Crippen molar-refractivity contribution >= 4 is 0 Å². The third-order valence-electron chi connectivity index (χ3n) is 4.82. The van der Waals surface area contributed by atoms with E-state index in [1.54, 1.807) is 0 Å². The summed E-state index contributed by atoms with van der Waals surface area (Å²) in [4.78, 5) is 0. The molecule has 0 aromatic rings. The second-order valence-electron chi connectivity index (χ2n) is 5.39. The van der Waals surface area contributed by atoms with E-state index >= 15 is 0 Å². The molecular formula is C12H23NO. The van der Waals surface area contributed by atoms with E-state index < -0.39 is 0 Å². The van der Waals surface area contributed by atoms with Crippen LogP contribution in [-0.2, 0) is 4.74 Å². The summed E-state index contributed by atoms with van der Waals surface area (Å²) in [6, 6.07) is 0. The maximum Gasteiger partial charge on any atom is 0.0612 e. The molecule has 0 radical (unpaired) electrons. The molecule has 14 heavy (non-hydrogen) atoms. The van der Waals surface area contributed by atoms with Gasteiger partial charge in [0.05, 0.1) is 6.10 Å². The Bertz CT molecular complexity index is 226. The molecule has 0 aromatic heterocycles. The number of nitrogens with one attached hydrogen (secondary N) is 1. The zero-order valence-electron chi connectivity index (χ0n) is 9.89. The molecule has 1 heterocycles. The lowest BCUT2D eigenvalue weighted by molar-refractivity contribution is 0.0868. The molecule has 2 rings (SSSR count). The lowest BCUT2D eigenvalue weighted by atomic mass is 9.89. The van der Waals surface area contributed by atoms with E-state index in [0.29, 0.717) is 16.9 Å². The molecule has 3 unspecified atom stereocenters. The van der Waals surface area contributed by atoms with E-state index in [1.165, 1.54) is 6.42 Å². The summed E-state index contributed by atoms with van der Waals surface area (Å²) in [7, 11) is 0. The van der Waals surface area contributed by atoms with Gasteiger partial charge >= 0.3 is 0 Å². The fourth-order valence-corrected chi connectivity index (χ4v) is 3.79. The molecule has 2 heteroatoms. The van der Waals surface area contributed by atoms with Gasteiger partial charge in [-0.25, -0.2) is 0 Å². The van der Waals surface area contributed by atoms with Crippen molar-refractivity contribution in [3.05, 3.63) is 0 Å². The molecule has 2 nitrogen and oxygen atoms in total. The predicted molar refractivity (Wildman–Crippen MR) is 58.3 cm³/mol. The van der Waals surface area contributed by atoms with Gasteiger partial charge in [-0.2, -0.15) is 0 Å². The molecule has 1 N–H and O–H groups in total. The zero-order valence-corrected chi connectivity index (χ0v) is 9.89. The molecule has 0 aromatic carbocycles. The van der Waals surface area contributed by atoms with Gasteiger partial charge in [-0.1, -0.05) is 20.8 Å². The van der Waals surface area contributed by atoms with Crippen molar-refractivity contribution in [2.75, 3.05) is 19.7 Å². The highest BCUT2D eigenvalue weighted by Crippen LogP contribution is 2.74. The fraction of sp³-hybridized carbons (Fsp3) is 1.00. The van der Waals surface area contributed by atoms with E-state index in [4.69, 9.17) is 4.74 Å². The molecule has 1 aliphatic heterocycles. The zero-order chi connectivity index (χ0) is 10.4. The molecule has 2 fully saturated rings. The van der Waals surface area contributed by atoms with Gasteiger partial charge < -0.3 is 10.1 Å². The monoisotopic (exact) mass is 197 g/mol. The van der Waals surface area contributed by atoms with E-state index in [9.17, 15) is 0 Å². The van der Waals surface area contributed by atoms with Crippen molar-refractivity contribution in [3.63, 3.8) is 0 Å². The van der Waals surface area contributed by atoms with Crippen molar-refractivity contribution in [1.29, 1.82) is 0 Å². The molecule has 0 amide bonds. The van der Waals surface area contributed by atoms with Gasteiger partial charge in [0.1, 0.15) is 0 Å². The van der Waals surface area contributed by atoms with Crippen LogP contribution in [-0.4, -0.2) is 25.8 Å². The fourth-order valence-electron chi connectivity index (χ4n) is 3.79. The Labute approximate surface area is 87.4 Å². The van der Waals surface area contributed by atoms with Gasteiger partial charge in [0.2, 0.25) is 0 Å². The Balaban J connectivity index is 2.06. The Morgan fingerprint density at radius 2 is 2.14 bits per heavy atom. The van der Waals surface area contributed by atoms with Gasteiger partial charge in [0, 0.05) is 12.0 Å². The number of hydrogen-bond acceptors (Lipinski definition) is 2. The van der Waals surface area contributed by atoms with Crippen molar-refractivity contribution in [2.45, 2.75) is 40.2 Å². The lowest BCUT2D eigenvalue weighted by Gasteiger charge is -2.17. The van der Waals surface area contributed by atoms with Gasteiger partial charge in [0.25, 0.3) is 0 Å². The largest absolute Gasteiger partial charge is 0.378 e. The molecule has 1 saturated carbocycles. The Kier molecular flexibility index (Phi) is 2.39. The summed E-state index contributed by atoms with van der Waals surface area (Å²) in [5.74, 6) is 0.812. The highest BCUT2D eigenvalue weighted by Gasteiger charge is 2.73. The van der Waals surface area contributed by atoms with Crippen LogP contribution in [0.15, 0.2) is 0 Å². The van der Waals surface area contributed by atoms with Crippen LogP contribution in [0.3, 0.4) is 0 Å². The summed E-state index contributed by atoms with van der Waals surface area (Å²) < 4.78 is 5.75. The Hall–Kier alpha value is -0.0800. The molecule has 1 aliphatic carbocycles. The van der Waals surface area contributed by atoms with Crippen molar-refractivity contribution in [1.82, 2.24) is 5.32 Å². The van der Waals surface area contributed by atoms with Crippen molar-refractivity contribution in [3.8, 4) is 0 Å². The normalized spacial score (nSPS) is 44.6. The maximum absolute atomic E-state index is 5.75. The Morgan fingerprint density at radius 3 is 2.64 bits per heavy atom. The first kappa shape index (κ1) is 10.4. The summed E-state index contributed by atoms with van der Waals surface area (Å²) in [5.41, 5.74) is 0.959. The minimum absolute atomic E-state index is 0.459. The smallest absolute Gasteiger partial charge is 0.0612 e. The number of hydrogen-bond donors (Lipinski definition) is 1. The molecular weight excluding hydrogens is 174 g/mol. The van der Waals surface area contributed by atoms with Gasteiger partial charge in [-0.3, -0.25) is 0 Å². The van der Waals surface area contributed by atoms with E-state index in [-0.39, 0.29) is 0 Å². The molecule has 82 valence electrons. The summed E-state index contributed by atoms with van der Waals surface area (Å²) in [6.45, 7) is 12.4. The van der Waals surface area contributed by atoms with E-state index in [1.807, 2.05) is 0 Å². The number of ether oxygens (including phenoxy) is 1. The highest BCUT2D eigenvalue weighted by atomic mass is 16.5. The molecule has 0 bridgehead atoms. The van der Waals surface area contributed by atoms with Crippen LogP contribution in [0.4, 0.5) is 0 Å². The molecule has 2 aliphatic rings.